The molecule has 3 N–H and O–H groups in total. The van der Waals surface area contributed by atoms with Gasteiger partial charge in [0.2, 0.25) is 0 Å². The number of rotatable bonds is 67. The van der Waals surface area contributed by atoms with Gasteiger partial charge in [0.05, 0.1) is 26.4 Å². The van der Waals surface area contributed by atoms with Crippen molar-refractivity contribution in [1.29, 1.82) is 0 Å². The molecule has 8 atom stereocenters. The third-order valence-corrected chi connectivity index (χ3v) is 19.1. The van der Waals surface area contributed by atoms with Crippen molar-refractivity contribution >= 4 is 39.5 Å². The van der Waals surface area contributed by atoms with Crippen molar-refractivity contribution in [2.24, 2.45) is 23.7 Å². The van der Waals surface area contributed by atoms with Crippen LogP contribution in [0.2, 0.25) is 0 Å². The monoisotopic (exact) mass is 1310 g/mol. The fourth-order valence-electron chi connectivity index (χ4n) is 10.4. The van der Waals surface area contributed by atoms with E-state index in [4.69, 9.17) is 37.0 Å². The van der Waals surface area contributed by atoms with Gasteiger partial charge in [0.25, 0.3) is 0 Å². The van der Waals surface area contributed by atoms with Gasteiger partial charge in [-0.2, -0.15) is 0 Å². The third-order valence-electron chi connectivity index (χ3n) is 17.2. The first-order valence-corrected chi connectivity index (χ1v) is 39.3. The summed E-state index contributed by atoms with van der Waals surface area (Å²) in [5.74, 6) is 0.931. The van der Waals surface area contributed by atoms with E-state index in [0.717, 1.165) is 120 Å². The molecule has 0 radical (unpaired) electrons. The minimum atomic E-state index is -4.95. The maximum atomic E-state index is 13.0. The fraction of sp³-hybridized carbons (Fsp3) is 0.943. The molecule has 528 valence electrons. The first-order valence-electron chi connectivity index (χ1n) is 36.3. The van der Waals surface area contributed by atoms with E-state index in [1.807, 2.05) is 0 Å². The Morgan fingerprint density at radius 2 is 0.539 bits per heavy atom. The smallest absolute Gasteiger partial charge is 0.462 e. The van der Waals surface area contributed by atoms with Crippen LogP contribution in [0.15, 0.2) is 0 Å². The lowest BCUT2D eigenvalue weighted by atomic mass is 9.99. The normalized spacial score (nSPS) is 15.2. The summed E-state index contributed by atoms with van der Waals surface area (Å²) < 4.78 is 68.3. The standard InChI is InChI=1S/C70H136O17P2/c1-9-61(6)47-39-31-23-17-13-15-19-26-36-44-52-69(74)86-65(56-80-67(72)50-42-34-25-18-14-12-16-22-30-38-46-60(4)5)58-84-88(76,77)82-54-64(71)55-83-89(78,79)85-59-66(57-81-68(73)51-43-35-29-28-33-41-49-63(8)11-3)87-70(75)53-45-37-27-21-20-24-32-40-48-62(7)10-2/h60-66,71H,9-59H2,1-8H3,(H,76,77)(H,78,79)/t61?,62?,63?,64-,65-,66-/m1/s1. The Bertz CT molecular complexity index is 1770. The number of unbranched alkanes of at least 4 members (excludes halogenated alkanes) is 30. The van der Waals surface area contributed by atoms with E-state index < -0.39 is 97.5 Å². The largest absolute Gasteiger partial charge is 0.472 e. The number of hydrogen-bond acceptors (Lipinski definition) is 15. The lowest BCUT2D eigenvalue weighted by Gasteiger charge is -2.21. The molecule has 0 aliphatic heterocycles. The fourth-order valence-corrected chi connectivity index (χ4v) is 12.0. The molecule has 0 aromatic carbocycles. The van der Waals surface area contributed by atoms with Gasteiger partial charge in [0.1, 0.15) is 19.3 Å². The second kappa shape index (κ2) is 59.8. The van der Waals surface area contributed by atoms with Gasteiger partial charge in [-0.3, -0.25) is 37.3 Å². The van der Waals surface area contributed by atoms with Gasteiger partial charge in [-0.1, -0.05) is 293 Å². The molecule has 89 heavy (non-hydrogen) atoms. The number of ether oxygens (including phenoxy) is 4. The highest BCUT2D eigenvalue weighted by atomic mass is 31.2. The van der Waals surface area contributed by atoms with Crippen LogP contribution in [0.1, 0.15) is 344 Å². The van der Waals surface area contributed by atoms with E-state index in [1.165, 1.54) is 141 Å². The van der Waals surface area contributed by atoms with Gasteiger partial charge in [-0.05, 0) is 49.4 Å². The molecular weight excluding hydrogens is 1170 g/mol. The molecule has 0 aromatic rings. The lowest BCUT2D eigenvalue weighted by Crippen LogP contribution is -2.30. The van der Waals surface area contributed by atoms with Gasteiger partial charge in [-0.25, -0.2) is 9.13 Å². The maximum absolute atomic E-state index is 13.0. The number of carbonyl (C=O) groups is 4. The van der Waals surface area contributed by atoms with Crippen molar-refractivity contribution in [3.05, 3.63) is 0 Å². The van der Waals surface area contributed by atoms with Crippen molar-refractivity contribution in [3.8, 4) is 0 Å². The van der Waals surface area contributed by atoms with Crippen molar-refractivity contribution < 1.29 is 80.2 Å². The Kier molecular flexibility index (Phi) is 58.5. The first kappa shape index (κ1) is 87.1. The van der Waals surface area contributed by atoms with Crippen molar-refractivity contribution in [1.82, 2.24) is 0 Å². The third kappa shape index (κ3) is 60.7. The number of esters is 4. The molecule has 5 unspecified atom stereocenters. The van der Waals surface area contributed by atoms with E-state index in [1.54, 1.807) is 0 Å². The Balaban J connectivity index is 5.28. The van der Waals surface area contributed by atoms with E-state index in [2.05, 4.69) is 55.4 Å². The van der Waals surface area contributed by atoms with Crippen LogP contribution in [0.3, 0.4) is 0 Å². The minimum Gasteiger partial charge on any atom is -0.462 e. The Morgan fingerprint density at radius 3 is 0.798 bits per heavy atom. The predicted molar refractivity (Wildman–Crippen MR) is 358 cm³/mol. The molecule has 0 saturated carbocycles. The molecule has 0 aliphatic rings. The number of aliphatic hydroxyl groups is 1. The molecule has 0 rings (SSSR count). The highest BCUT2D eigenvalue weighted by Gasteiger charge is 2.30. The van der Waals surface area contributed by atoms with Gasteiger partial charge in [-0.15, -0.1) is 0 Å². The first-order chi connectivity index (χ1) is 42.7. The molecule has 0 aliphatic carbocycles. The quantitative estimate of drug-likeness (QED) is 0.0222. The minimum absolute atomic E-state index is 0.104. The van der Waals surface area contributed by atoms with Crippen LogP contribution >= 0.6 is 15.6 Å². The Morgan fingerprint density at radius 1 is 0.315 bits per heavy atom. The van der Waals surface area contributed by atoms with Gasteiger partial charge in [0, 0.05) is 25.7 Å². The molecule has 0 spiro atoms. The van der Waals surface area contributed by atoms with Crippen molar-refractivity contribution in [3.63, 3.8) is 0 Å². The summed E-state index contributed by atoms with van der Waals surface area (Å²) in [5.41, 5.74) is 0. The predicted octanol–water partition coefficient (Wildman–Crippen LogP) is 19.7. The molecule has 0 bridgehead atoms. The van der Waals surface area contributed by atoms with Crippen LogP contribution in [0.5, 0.6) is 0 Å². The molecule has 19 heteroatoms. The van der Waals surface area contributed by atoms with E-state index in [0.29, 0.717) is 25.7 Å². The Labute approximate surface area is 543 Å². The van der Waals surface area contributed by atoms with Crippen LogP contribution in [0.25, 0.3) is 0 Å². The van der Waals surface area contributed by atoms with E-state index in [-0.39, 0.29) is 25.7 Å². The van der Waals surface area contributed by atoms with Crippen LogP contribution < -0.4 is 0 Å². The summed E-state index contributed by atoms with van der Waals surface area (Å²) in [6.45, 7) is 14.1. The lowest BCUT2D eigenvalue weighted by molar-refractivity contribution is -0.161. The Hall–Kier alpha value is -1.94. The van der Waals surface area contributed by atoms with Crippen LogP contribution in [0, 0.1) is 23.7 Å². The zero-order valence-electron chi connectivity index (χ0n) is 58.1. The number of phosphoric acid groups is 2. The number of hydrogen-bond donors (Lipinski definition) is 3. The van der Waals surface area contributed by atoms with Crippen molar-refractivity contribution in [2.75, 3.05) is 39.6 Å². The number of phosphoric ester groups is 2. The second-order valence-electron chi connectivity index (χ2n) is 26.5. The molecule has 0 amide bonds. The van der Waals surface area contributed by atoms with Gasteiger partial charge >= 0.3 is 39.5 Å². The molecule has 0 aromatic heterocycles. The number of aliphatic hydroxyl groups excluding tert-OH is 1. The zero-order valence-corrected chi connectivity index (χ0v) is 59.8. The summed E-state index contributed by atoms with van der Waals surface area (Å²) in [5, 5.41) is 10.6. The molecule has 0 saturated heterocycles. The second-order valence-corrected chi connectivity index (χ2v) is 29.4. The van der Waals surface area contributed by atoms with E-state index in [9.17, 15) is 43.2 Å². The van der Waals surface area contributed by atoms with Gasteiger partial charge in [0.15, 0.2) is 12.2 Å². The molecule has 17 nitrogen and oxygen atoms in total. The average molecular weight is 1310 g/mol. The molecular formula is C70H136O17P2. The molecule has 0 fully saturated rings. The van der Waals surface area contributed by atoms with Crippen LogP contribution in [-0.2, 0) is 65.4 Å². The average Bonchev–Trinajstić information content (AvgIpc) is 3.68. The topological polar surface area (TPSA) is 237 Å². The highest BCUT2D eigenvalue weighted by molar-refractivity contribution is 7.47. The SMILES string of the molecule is CCC(C)CCCCCCCCCCCCC(=O)O[C@H](COC(=O)CCCCCCCCCCCCC(C)C)COP(=O)(O)OC[C@@H](O)COP(=O)(O)OC[C@@H](COC(=O)CCCCCCCCC(C)CC)OC(=O)CCCCCCCCCCC(C)CC. The van der Waals surface area contributed by atoms with Crippen molar-refractivity contribution in [2.45, 2.75) is 363 Å². The van der Waals surface area contributed by atoms with E-state index >= 15 is 0 Å². The summed E-state index contributed by atoms with van der Waals surface area (Å²) in [7, 11) is -9.90. The summed E-state index contributed by atoms with van der Waals surface area (Å²) in [6, 6.07) is 0. The zero-order chi connectivity index (χ0) is 66.1. The maximum Gasteiger partial charge on any atom is 0.472 e. The summed E-state index contributed by atoms with van der Waals surface area (Å²) in [6.07, 6.45) is 41.5. The number of carbonyl (C=O) groups excluding carboxylic acids is 4. The van der Waals surface area contributed by atoms with Gasteiger partial charge < -0.3 is 33.8 Å². The van der Waals surface area contributed by atoms with Crippen LogP contribution in [-0.4, -0.2) is 96.7 Å². The highest BCUT2D eigenvalue weighted by Crippen LogP contribution is 2.45. The summed E-state index contributed by atoms with van der Waals surface area (Å²) in [4.78, 5) is 72.6. The summed E-state index contributed by atoms with van der Waals surface area (Å²) >= 11 is 0. The molecule has 0 heterocycles. The van der Waals surface area contributed by atoms with Crippen LogP contribution in [0.4, 0.5) is 0 Å².